The number of anilines is 1. The summed E-state index contributed by atoms with van der Waals surface area (Å²) in [5.74, 6) is 0.271. The van der Waals surface area contributed by atoms with Crippen LogP contribution >= 0.6 is 0 Å². The molecule has 0 radical (unpaired) electrons. The molecule has 0 unspecified atom stereocenters. The van der Waals surface area contributed by atoms with Crippen LogP contribution in [0.2, 0.25) is 0 Å². The SMILES string of the molecule is COCCOc1ccc(-c2ccc(CN(C(=O)CC(C)(C)C)c3nccc4cc(C(=O)O)ccc34)cc2)cc1. The number of amides is 1. The van der Waals surface area contributed by atoms with E-state index in [0.717, 1.165) is 33.2 Å². The Morgan fingerprint density at radius 1 is 0.897 bits per heavy atom. The summed E-state index contributed by atoms with van der Waals surface area (Å²) in [5, 5.41) is 10.9. The number of carboxylic acids is 1. The number of benzene rings is 3. The number of methoxy groups -OCH3 is 1. The molecule has 3 aromatic carbocycles. The second-order valence-electron chi connectivity index (χ2n) is 10.7. The number of aromatic carboxylic acids is 1. The van der Waals surface area contributed by atoms with E-state index < -0.39 is 5.97 Å². The maximum absolute atomic E-state index is 13.6. The Morgan fingerprint density at radius 2 is 1.56 bits per heavy atom. The van der Waals surface area contributed by atoms with Crippen LogP contribution in [0.4, 0.5) is 5.82 Å². The number of nitrogens with zero attached hydrogens (tertiary/aromatic N) is 2. The number of carbonyl (C=O) groups is 2. The van der Waals surface area contributed by atoms with E-state index in [9.17, 15) is 14.7 Å². The Morgan fingerprint density at radius 3 is 2.18 bits per heavy atom. The second kappa shape index (κ2) is 12.1. The van der Waals surface area contributed by atoms with E-state index in [-0.39, 0.29) is 16.9 Å². The van der Waals surface area contributed by atoms with Crippen molar-refractivity contribution in [2.45, 2.75) is 33.7 Å². The molecule has 1 amide bonds. The highest BCUT2D eigenvalue weighted by Gasteiger charge is 2.25. The third-order valence-corrected chi connectivity index (χ3v) is 6.27. The molecule has 0 aliphatic carbocycles. The molecule has 202 valence electrons. The lowest BCUT2D eigenvalue weighted by atomic mass is 9.91. The summed E-state index contributed by atoms with van der Waals surface area (Å²) in [6.45, 7) is 7.47. The first-order valence-electron chi connectivity index (χ1n) is 12.9. The predicted octanol–water partition coefficient (Wildman–Crippen LogP) is 6.59. The van der Waals surface area contributed by atoms with Gasteiger partial charge in [-0.3, -0.25) is 9.69 Å². The van der Waals surface area contributed by atoms with Crippen molar-refractivity contribution in [3.05, 3.63) is 90.1 Å². The van der Waals surface area contributed by atoms with E-state index in [2.05, 4.69) is 4.98 Å². The van der Waals surface area contributed by atoms with Crippen LogP contribution in [0.5, 0.6) is 5.75 Å². The third-order valence-electron chi connectivity index (χ3n) is 6.27. The monoisotopic (exact) mass is 526 g/mol. The molecule has 0 saturated carbocycles. The lowest BCUT2D eigenvalue weighted by Gasteiger charge is -2.27. The minimum absolute atomic E-state index is 0.0436. The lowest BCUT2D eigenvalue weighted by molar-refractivity contribution is -0.120. The summed E-state index contributed by atoms with van der Waals surface area (Å²) in [6, 6.07) is 22.7. The average molecular weight is 527 g/mol. The fourth-order valence-electron chi connectivity index (χ4n) is 4.31. The molecule has 0 saturated heterocycles. The summed E-state index contributed by atoms with van der Waals surface area (Å²) < 4.78 is 10.7. The van der Waals surface area contributed by atoms with Gasteiger partial charge in [0.05, 0.1) is 18.7 Å². The summed E-state index contributed by atoms with van der Waals surface area (Å²) in [4.78, 5) is 31.3. The number of ether oxygens (including phenoxy) is 2. The number of fused-ring (bicyclic) bond motifs is 1. The van der Waals surface area contributed by atoms with Gasteiger partial charge in [-0.1, -0.05) is 57.2 Å². The molecular formula is C32H34N2O5. The van der Waals surface area contributed by atoms with Crippen molar-refractivity contribution in [3.63, 3.8) is 0 Å². The molecule has 0 fully saturated rings. The van der Waals surface area contributed by atoms with Crippen molar-refractivity contribution in [2.24, 2.45) is 5.41 Å². The third kappa shape index (κ3) is 7.21. The molecule has 4 aromatic rings. The molecule has 0 atom stereocenters. The fraction of sp³-hybridized carbons (Fsp3) is 0.281. The number of pyridine rings is 1. The highest BCUT2D eigenvalue weighted by molar-refractivity contribution is 6.04. The second-order valence-corrected chi connectivity index (χ2v) is 10.7. The van der Waals surface area contributed by atoms with Gasteiger partial charge in [-0.05, 0) is 63.9 Å². The van der Waals surface area contributed by atoms with Gasteiger partial charge in [0.2, 0.25) is 5.91 Å². The van der Waals surface area contributed by atoms with Crippen LogP contribution in [-0.4, -0.2) is 42.3 Å². The van der Waals surface area contributed by atoms with Crippen LogP contribution in [0.25, 0.3) is 21.9 Å². The molecule has 1 N–H and O–H groups in total. The first-order valence-corrected chi connectivity index (χ1v) is 12.9. The van der Waals surface area contributed by atoms with Gasteiger partial charge < -0.3 is 14.6 Å². The molecule has 4 rings (SSSR count). The zero-order chi connectivity index (χ0) is 28.0. The molecule has 0 bridgehead atoms. The maximum Gasteiger partial charge on any atom is 0.335 e. The number of hydrogen-bond acceptors (Lipinski definition) is 5. The normalized spacial score (nSPS) is 11.4. The van der Waals surface area contributed by atoms with E-state index in [1.807, 2.05) is 69.3 Å². The quantitative estimate of drug-likeness (QED) is 0.234. The molecule has 0 spiro atoms. The van der Waals surface area contributed by atoms with Crippen LogP contribution in [0.3, 0.4) is 0 Å². The minimum Gasteiger partial charge on any atom is -0.491 e. The zero-order valence-electron chi connectivity index (χ0n) is 22.8. The zero-order valence-corrected chi connectivity index (χ0v) is 22.8. The Kier molecular flexibility index (Phi) is 8.62. The van der Waals surface area contributed by atoms with E-state index in [4.69, 9.17) is 9.47 Å². The number of rotatable bonds is 10. The van der Waals surface area contributed by atoms with Gasteiger partial charge in [0, 0.05) is 25.1 Å². The van der Waals surface area contributed by atoms with E-state index in [1.165, 1.54) is 0 Å². The summed E-state index contributed by atoms with van der Waals surface area (Å²) in [5.41, 5.74) is 3.06. The Labute approximate surface area is 229 Å². The molecule has 39 heavy (non-hydrogen) atoms. The van der Waals surface area contributed by atoms with E-state index in [1.54, 1.807) is 42.5 Å². The highest BCUT2D eigenvalue weighted by atomic mass is 16.5. The van der Waals surface area contributed by atoms with Gasteiger partial charge >= 0.3 is 5.97 Å². The molecule has 7 nitrogen and oxygen atoms in total. The Bertz CT molecular complexity index is 1440. The molecule has 1 aromatic heterocycles. The highest BCUT2D eigenvalue weighted by Crippen LogP contribution is 2.30. The smallest absolute Gasteiger partial charge is 0.335 e. The van der Waals surface area contributed by atoms with Crippen molar-refractivity contribution >= 4 is 28.5 Å². The number of hydrogen-bond donors (Lipinski definition) is 1. The molecule has 7 heteroatoms. The standard InChI is InChI=1S/C32H34N2O5/c1-32(2,3)20-29(35)34(30-28-14-11-26(31(36)37)19-25(28)15-16-33-30)21-22-5-7-23(8-6-22)24-9-12-27(13-10-24)39-18-17-38-4/h5-16,19H,17-18,20-21H2,1-4H3,(H,36,37). The van der Waals surface area contributed by atoms with Crippen molar-refractivity contribution in [3.8, 4) is 16.9 Å². The Hall–Kier alpha value is -4.23. The van der Waals surface area contributed by atoms with Gasteiger partial charge in [0.15, 0.2) is 0 Å². The fourth-order valence-corrected chi connectivity index (χ4v) is 4.31. The van der Waals surface area contributed by atoms with Crippen molar-refractivity contribution in [1.29, 1.82) is 0 Å². The van der Waals surface area contributed by atoms with Gasteiger partial charge in [-0.25, -0.2) is 9.78 Å². The topological polar surface area (TPSA) is 89.0 Å². The van der Waals surface area contributed by atoms with Gasteiger partial charge in [0.25, 0.3) is 0 Å². The summed E-state index contributed by atoms with van der Waals surface area (Å²) in [6.07, 6.45) is 1.96. The molecular weight excluding hydrogens is 492 g/mol. The van der Waals surface area contributed by atoms with Crippen LogP contribution in [0.15, 0.2) is 79.0 Å². The number of aromatic nitrogens is 1. The summed E-state index contributed by atoms with van der Waals surface area (Å²) in [7, 11) is 1.64. The summed E-state index contributed by atoms with van der Waals surface area (Å²) >= 11 is 0. The number of carboxylic acid groups (broad SMARTS) is 1. The van der Waals surface area contributed by atoms with Gasteiger partial charge in [-0.15, -0.1) is 0 Å². The van der Waals surface area contributed by atoms with Crippen molar-refractivity contribution in [1.82, 2.24) is 4.98 Å². The van der Waals surface area contributed by atoms with Crippen LogP contribution in [-0.2, 0) is 16.1 Å². The van der Waals surface area contributed by atoms with Gasteiger partial charge in [-0.2, -0.15) is 0 Å². The van der Waals surface area contributed by atoms with Crippen molar-refractivity contribution in [2.75, 3.05) is 25.2 Å². The Balaban J connectivity index is 1.61. The molecule has 0 aliphatic rings. The van der Waals surface area contributed by atoms with Crippen LogP contribution < -0.4 is 9.64 Å². The van der Waals surface area contributed by atoms with Crippen LogP contribution in [0, 0.1) is 5.41 Å². The first kappa shape index (κ1) is 27.8. The first-order chi connectivity index (χ1) is 18.6. The number of carbonyl (C=O) groups excluding carboxylic acids is 1. The van der Waals surface area contributed by atoms with Crippen molar-refractivity contribution < 1.29 is 24.2 Å². The lowest BCUT2D eigenvalue weighted by Crippen LogP contribution is -2.34. The van der Waals surface area contributed by atoms with Crippen LogP contribution in [0.1, 0.15) is 43.1 Å². The average Bonchev–Trinajstić information content (AvgIpc) is 2.91. The molecule has 1 heterocycles. The predicted molar refractivity (Wildman–Crippen MR) is 153 cm³/mol. The van der Waals surface area contributed by atoms with E-state index >= 15 is 0 Å². The molecule has 0 aliphatic heterocycles. The largest absolute Gasteiger partial charge is 0.491 e. The van der Waals surface area contributed by atoms with Gasteiger partial charge in [0.1, 0.15) is 18.2 Å². The maximum atomic E-state index is 13.6. The van der Waals surface area contributed by atoms with E-state index in [0.29, 0.717) is 32.0 Å². The minimum atomic E-state index is -0.996.